The third kappa shape index (κ3) is 4.14. The molecule has 1 saturated heterocycles. The average Bonchev–Trinajstić information content (AvgIpc) is 3.39. The summed E-state index contributed by atoms with van der Waals surface area (Å²) in [5.74, 6) is -0.333. The maximum Gasteiger partial charge on any atom is 0.253 e. The molecule has 6 nitrogen and oxygen atoms in total. The largest absolute Gasteiger partial charge is 0.390 e. The van der Waals surface area contributed by atoms with Crippen LogP contribution in [0.1, 0.15) is 54.4 Å². The van der Waals surface area contributed by atoms with Crippen molar-refractivity contribution >= 4 is 17.8 Å². The van der Waals surface area contributed by atoms with Gasteiger partial charge in [0.2, 0.25) is 0 Å². The Bertz CT molecular complexity index is 1010. The Morgan fingerprint density at radius 3 is 2.28 bits per heavy atom. The van der Waals surface area contributed by atoms with Crippen LogP contribution in [-0.2, 0) is 5.60 Å². The van der Waals surface area contributed by atoms with Gasteiger partial charge >= 0.3 is 0 Å². The zero-order valence-corrected chi connectivity index (χ0v) is 18.0. The van der Waals surface area contributed by atoms with Gasteiger partial charge in [-0.1, -0.05) is 12.1 Å². The van der Waals surface area contributed by atoms with E-state index in [1.165, 1.54) is 12.1 Å². The number of nitrogens with zero attached hydrogens (tertiary/aromatic N) is 3. The normalized spacial score (nSPS) is 23.4. The lowest BCUT2D eigenvalue weighted by Gasteiger charge is -2.40. The van der Waals surface area contributed by atoms with Gasteiger partial charge in [-0.25, -0.2) is 4.39 Å². The van der Waals surface area contributed by atoms with Gasteiger partial charge in [-0.2, -0.15) is 5.10 Å². The molecule has 3 aliphatic rings. The molecule has 0 aromatic heterocycles. The fraction of sp³-hybridized carbons (Fsp3) is 0.440. The standard InChI is InChI=1S/C25H28FN3O3/c26-20-5-7-21(8-6-20)29-22(9-14-27-29)17-24(31)12-15-28(16-13-24)23(30)18-1-3-19(4-2-18)25(32)10-11-25/h1-8,14,22,31-32H,9-13,15-17H2. The molecule has 2 fully saturated rings. The first kappa shape index (κ1) is 21.1. The van der Waals surface area contributed by atoms with Gasteiger partial charge < -0.3 is 15.1 Å². The summed E-state index contributed by atoms with van der Waals surface area (Å²) in [6.45, 7) is 0.982. The summed E-state index contributed by atoms with van der Waals surface area (Å²) in [5, 5.41) is 27.7. The Hall–Kier alpha value is -2.77. The number of aliphatic hydroxyl groups is 2. The predicted octanol–water partition coefficient (Wildman–Crippen LogP) is 3.43. The summed E-state index contributed by atoms with van der Waals surface area (Å²) >= 11 is 0. The lowest BCUT2D eigenvalue weighted by Crippen LogP contribution is -2.49. The third-order valence-electron chi connectivity index (χ3n) is 7.01. The fourth-order valence-electron chi connectivity index (χ4n) is 4.77. The Morgan fingerprint density at radius 1 is 1.00 bits per heavy atom. The molecule has 1 unspecified atom stereocenters. The molecule has 0 bridgehead atoms. The summed E-state index contributed by atoms with van der Waals surface area (Å²) in [7, 11) is 0. The minimum Gasteiger partial charge on any atom is -0.390 e. The second-order valence-electron chi connectivity index (χ2n) is 9.34. The highest BCUT2D eigenvalue weighted by atomic mass is 19.1. The van der Waals surface area contributed by atoms with Gasteiger partial charge in [0.05, 0.1) is 22.9 Å². The molecule has 32 heavy (non-hydrogen) atoms. The first-order valence-electron chi connectivity index (χ1n) is 11.3. The van der Waals surface area contributed by atoms with Gasteiger partial charge in [0.1, 0.15) is 5.82 Å². The first-order valence-corrected chi connectivity index (χ1v) is 11.3. The molecule has 0 spiro atoms. The van der Waals surface area contributed by atoms with E-state index in [0.717, 1.165) is 30.5 Å². The van der Waals surface area contributed by atoms with Crippen LogP contribution in [0.2, 0.25) is 0 Å². The van der Waals surface area contributed by atoms with Crippen LogP contribution in [0, 0.1) is 5.82 Å². The van der Waals surface area contributed by atoms with E-state index >= 15 is 0 Å². The number of carbonyl (C=O) groups excluding carboxylic acids is 1. The van der Waals surface area contributed by atoms with Gasteiger partial charge in [0.25, 0.3) is 5.91 Å². The maximum atomic E-state index is 13.3. The number of benzene rings is 2. The van der Waals surface area contributed by atoms with Crippen molar-refractivity contribution in [1.29, 1.82) is 0 Å². The van der Waals surface area contributed by atoms with Gasteiger partial charge in [0.15, 0.2) is 0 Å². The van der Waals surface area contributed by atoms with Crippen LogP contribution < -0.4 is 5.01 Å². The van der Waals surface area contributed by atoms with E-state index in [2.05, 4.69) is 5.10 Å². The maximum absolute atomic E-state index is 13.3. The number of amides is 1. The van der Waals surface area contributed by atoms with Crippen LogP contribution in [0.25, 0.3) is 0 Å². The lowest BCUT2D eigenvalue weighted by molar-refractivity contribution is -0.0269. The van der Waals surface area contributed by atoms with E-state index in [1.54, 1.807) is 29.2 Å². The van der Waals surface area contributed by atoms with E-state index in [1.807, 2.05) is 23.4 Å². The van der Waals surface area contributed by atoms with E-state index in [0.29, 0.717) is 37.9 Å². The number of halogens is 1. The molecular formula is C25H28FN3O3. The molecule has 1 aliphatic carbocycles. The van der Waals surface area contributed by atoms with Crippen LogP contribution in [0.15, 0.2) is 53.6 Å². The van der Waals surface area contributed by atoms with Crippen molar-refractivity contribution in [3.63, 3.8) is 0 Å². The predicted molar refractivity (Wildman–Crippen MR) is 120 cm³/mol. The second-order valence-corrected chi connectivity index (χ2v) is 9.34. The van der Waals surface area contributed by atoms with Crippen LogP contribution in [0.4, 0.5) is 10.1 Å². The van der Waals surface area contributed by atoms with Crippen molar-refractivity contribution in [3.8, 4) is 0 Å². The second kappa shape index (κ2) is 7.98. The van der Waals surface area contributed by atoms with Crippen LogP contribution in [0.3, 0.4) is 0 Å². The zero-order valence-electron chi connectivity index (χ0n) is 18.0. The molecule has 1 amide bonds. The van der Waals surface area contributed by atoms with Crippen LogP contribution in [-0.4, -0.2) is 52.0 Å². The lowest BCUT2D eigenvalue weighted by atomic mass is 9.84. The minimum atomic E-state index is -0.869. The number of hydrazone groups is 1. The van der Waals surface area contributed by atoms with E-state index in [4.69, 9.17) is 0 Å². The summed E-state index contributed by atoms with van der Waals surface area (Å²) in [6, 6.07) is 13.5. The number of likely N-dealkylation sites (tertiary alicyclic amines) is 1. The number of rotatable bonds is 5. The van der Waals surface area contributed by atoms with Crippen molar-refractivity contribution < 1.29 is 19.4 Å². The molecule has 7 heteroatoms. The molecule has 2 heterocycles. The molecule has 0 radical (unpaired) electrons. The summed E-state index contributed by atoms with van der Waals surface area (Å²) < 4.78 is 13.3. The molecule has 2 N–H and O–H groups in total. The van der Waals surface area contributed by atoms with Gasteiger partial charge in [0, 0.05) is 31.3 Å². The minimum absolute atomic E-state index is 0.00786. The highest BCUT2D eigenvalue weighted by Gasteiger charge is 2.42. The SMILES string of the molecule is O=C(c1ccc(C2(O)CC2)cc1)N1CCC(O)(CC2CC=NN2c2ccc(F)cc2)CC1. The van der Waals surface area contributed by atoms with Crippen LogP contribution in [0.5, 0.6) is 0 Å². The highest BCUT2D eigenvalue weighted by Crippen LogP contribution is 2.45. The van der Waals surface area contributed by atoms with Crippen molar-refractivity contribution in [3.05, 3.63) is 65.5 Å². The first-order chi connectivity index (χ1) is 15.4. The zero-order chi connectivity index (χ0) is 22.3. The molecule has 168 valence electrons. The molecule has 2 aromatic carbocycles. The Labute approximate surface area is 187 Å². The van der Waals surface area contributed by atoms with Gasteiger partial charge in [-0.3, -0.25) is 9.80 Å². The third-order valence-corrected chi connectivity index (χ3v) is 7.01. The highest BCUT2D eigenvalue weighted by molar-refractivity contribution is 5.94. The van der Waals surface area contributed by atoms with Crippen molar-refractivity contribution in [2.24, 2.45) is 5.10 Å². The Balaban J connectivity index is 1.19. The van der Waals surface area contributed by atoms with Crippen LogP contribution >= 0.6 is 0 Å². The quantitative estimate of drug-likeness (QED) is 0.752. The van der Waals surface area contributed by atoms with Crippen molar-refractivity contribution in [1.82, 2.24) is 4.90 Å². The van der Waals surface area contributed by atoms with Gasteiger partial charge in [-0.05, 0) is 74.1 Å². The topological polar surface area (TPSA) is 76.4 Å². The van der Waals surface area contributed by atoms with Crippen molar-refractivity contribution in [2.45, 2.75) is 55.8 Å². The number of hydrogen-bond acceptors (Lipinski definition) is 5. The number of hydrogen-bond donors (Lipinski definition) is 2. The molecule has 2 aliphatic heterocycles. The molecule has 1 saturated carbocycles. The van der Waals surface area contributed by atoms with E-state index in [9.17, 15) is 19.4 Å². The average molecular weight is 438 g/mol. The van der Waals surface area contributed by atoms with Gasteiger partial charge in [-0.15, -0.1) is 0 Å². The number of piperidine rings is 1. The monoisotopic (exact) mass is 437 g/mol. The summed E-state index contributed by atoms with van der Waals surface area (Å²) in [5.41, 5.74) is 0.712. The Kier molecular flexibility index (Phi) is 5.26. The van der Waals surface area contributed by atoms with Crippen molar-refractivity contribution in [2.75, 3.05) is 18.1 Å². The smallest absolute Gasteiger partial charge is 0.253 e. The Morgan fingerprint density at radius 2 is 1.66 bits per heavy atom. The van der Waals surface area contributed by atoms with E-state index < -0.39 is 11.2 Å². The molecule has 5 rings (SSSR count). The number of carbonyl (C=O) groups is 1. The fourth-order valence-corrected chi connectivity index (χ4v) is 4.77. The molecule has 2 aromatic rings. The molecule has 1 atom stereocenters. The summed E-state index contributed by atoms with van der Waals surface area (Å²) in [4.78, 5) is 14.7. The van der Waals surface area contributed by atoms with E-state index in [-0.39, 0.29) is 17.8 Å². The number of anilines is 1. The summed E-state index contributed by atoms with van der Waals surface area (Å²) in [6.07, 6.45) is 5.65. The molecular weight excluding hydrogens is 409 g/mol.